The molecule has 134 valence electrons. The number of para-hydroxylation sites is 1. The summed E-state index contributed by atoms with van der Waals surface area (Å²) in [5.74, 6) is -0.413. The normalized spacial score (nSPS) is 35.4. The molecule has 1 aromatic rings. The molecule has 1 aromatic carbocycles. The minimum Gasteiger partial charge on any atom is -0.455 e. The van der Waals surface area contributed by atoms with Crippen LogP contribution in [-0.2, 0) is 14.3 Å². The Hall–Kier alpha value is -1.62. The van der Waals surface area contributed by atoms with Crippen molar-refractivity contribution in [2.45, 2.75) is 43.4 Å². The number of alkyl halides is 1. The third kappa shape index (κ3) is 3.14. The minimum atomic E-state index is -0.538. The van der Waals surface area contributed by atoms with Crippen LogP contribution in [0.5, 0.6) is 0 Å². The van der Waals surface area contributed by atoms with Crippen molar-refractivity contribution >= 4 is 29.2 Å². The third-order valence-electron chi connectivity index (χ3n) is 5.91. The first kappa shape index (κ1) is 16.8. The van der Waals surface area contributed by atoms with Crippen molar-refractivity contribution in [1.29, 1.82) is 0 Å². The molecule has 0 aliphatic heterocycles. The molecule has 5 rings (SSSR count). The van der Waals surface area contributed by atoms with Crippen LogP contribution in [0.4, 0.5) is 10.1 Å². The van der Waals surface area contributed by atoms with Crippen LogP contribution in [0.15, 0.2) is 24.3 Å². The first-order chi connectivity index (χ1) is 11.9. The predicted octanol–water partition coefficient (Wildman–Crippen LogP) is 3.89. The molecule has 0 saturated heterocycles. The average Bonchev–Trinajstić information content (AvgIpc) is 2.52. The molecule has 4 aliphatic rings. The average molecular weight is 366 g/mol. The SMILES string of the molecule is O=C(COC(=O)C12CC3CC(CC(Cl)(C3)C1)C2)Nc1ccccc1F. The van der Waals surface area contributed by atoms with Gasteiger partial charge in [-0.3, -0.25) is 9.59 Å². The molecule has 4 saturated carbocycles. The molecule has 0 aromatic heterocycles. The zero-order chi connectivity index (χ0) is 17.7. The largest absolute Gasteiger partial charge is 0.455 e. The Balaban J connectivity index is 1.38. The Morgan fingerprint density at radius 2 is 1.88 bits per heavy atom. The van der Waals surface area contributed by atoms with Gasteiger partial charge < -0.3 is 10.1 Å². The van der Waals surface area contributed by atoms with Gasteiger partial charge in [-0.15, -0.1) is 11.6 Å². The number of hydrogen-bond donors (Lipinski definition) is 1. The second-order valence-electron chi connectivity index (χ2n) is 8.00. The lowest BCUT2D eigenvalue weighted by Crippen LogP contribution is -2.56. The first-order valence-corrected chi connectivity index (χ1v) is 9.16. The molecule has 2 atom stereocenters. The number of carbonyl (C=O) groups is 2. The molecule has 4 nitrogen and oxygen atoms in total. The van der Waals surface area contributed by atoms with E-state index in [9.17, 15) is 14.0 Å². The van der Waals surface area contributed by atoms with Crippen molar-refractivity contribution < 1.29 is 18.7 Å². The molecule has 0 heterocycles. The number of hydrogen-bond acceptors (Lipinski definition) is 3. The smallest absolute Gasteiger partial charge is 0.312 e. The highest BCUT2D eigenvalue weighted by atomic mass is 35.5. The van der Waals surface area contributed by atoms with Gasteiger partial charge in [-0.05, 0) is 62.5 Å². The van der Waals surface area contributed by atoms with E-state index in [1.54, 1.807) is 12.1 Å². The van der Waals surface area contributed by atoms with Crippen molar-refractivity contribution in [3.8, 4) is 0 Å². The number of esters is 1. The number of benzene rings is 1. The number of anilines is 1. The maximum absolute atomic E-state index is 13.6. The Labute approximate surface area is 151 Å². The van der Waals surface area contributed by atoms with E-state index < -0.39 is 23.7 Å². The first-order valence-electron chi connectivity index (χ1n) is 8.78. The van der Waals surface area contributed by atoms with Crippen LogP contribution in [0.2, 0.25) is 0 Å². The maximum atomic E-state index is 13.6. The van der Waals surface area contributed by atoms with Gasteiger partial charge in [0.25, 0.3) is 5.91 Å². The van der Waals surface area contributed by atoms with Crippen LogP contribution >= 0.6 is 11.6 Å². The van der Waals surface area contributed by atoms with Gasteiger partial charge in [0.05, 0.1) is 11.1 Å². The fraction of sp³-hybridized carbons (Fsp3) is 0.579. The van der Waals surface area contributed by atoms with Crippen molar-refractivity contribution in [1.82, 2.24) is 0 Å². The summed E-state index contributed by atoms with van der Waals surface area (Å²) < 4.78 is 18.9. The highest BCUT2D eigenvalue weighted by Crippen LogP contribution is 2.64. The number of carbonyl (C=O) groups excluding carboxylic acids is 2. The number of rotatable bonds is 4. The standard InChI is InChI=1S/C19H21ClFNO3/c20-19-8-12-5-13(9-19)7-18(6-12,11-19)17(24)25-10-16(23)22-15-4-2-1-3-14(15)21/h1-4,12-13H,5-11H2,(H,22,23). The van der Waals surface area contributed by atoms with Crippen LogP contribution in [0.1, 0.15) is 38.5 Å². The topological polar surface area (TPSA) is 55.4 Å². The fourth-order valence-corrected chi connectivity index (χ4v) is 6.11. The summed E-state index contributed by atoms with van der Waals surface area (Å²) in [6.45, 7) is -0.403. The number of ether oxygens (including phenoxy) is 1. The molecule has 2 unspecified atom stereocenters. The molecule has 1 N–H and O–H groups in total. The van der Waals surface area contributed by atoms with E-state index in [0.717, 1.165) is 32.1 Å². The molecule has 1 amide bonds. The fourth-order valence-electron chi connectivity index (χ4n) is 5.42. The van der Waals surface area contributed by atoms with Gasteiger partial charge in [0.2, 0.25) is 0 Å². The van der Waals surface area contributed by atoms with Gasteiger partial charge in [0.15, 0.2) is 6.61 Å². The summed E-state index contributed by atoms with van der Waals surface area (Å²) >= 11 is 6.72. The van der Waals surface area contributed by atoms with Crippen molar-refractivity contribution in [3.63, 3.8) is 0 Å². The van der Waals surface area contributed by atoms with Gasteiger partial charge in [0, 0.05) is 4.87 Å². The van der Waals surface area contributed by atoms with Gasteiger partial charge in [-0.2, -0.15) is 0 Å². The van der Waals surface area contributed by atoms with E-state index in [-0.39, 0.29) is 16.5 Å². The Morgan fingerprint density at radius 1 is 1.20 bits per heavy atom. The quantitative estimate of drug-likeness (QED) is 0.650. The van der Waals surface area contributed by atoms with Crippen LogP contribution in [0, 0.1) is 23.1 Å². The molecule has 25 heavy (non-hydrogen) atoms. The zero-order valence-electron chi connectivity index (χ0n) is 13.9. The number of nitrogens with one attached hydrogen (secondary N) is 1. The summed E-state index contributed by atoms with van der Waals surface area (Å²) in [5, 5.41) is 2.43. The predicted molar refractivity (Wildman–Crippen MR) is 91.7 cm³/mol. The lowest BCUT2D eigenvalue weighted by Gasteiger charge is -2.58. The monoisotopic (exact) mass is 365 g/mol. The second-order valence-corrected chi connectivity index (χ2v) is 8.80. The molecule has 0 radical (unpaired) electrons. The second kappa shape index (κ2) is 5.97. The summed E-state index contributed by atoms with van der Waals surface area (Å²) in [6.07, 6.45) is 5.37. The van der Waals surface area contributed by atoms with Crippen LogP contribution in [0.3, 0.4) is 0 Å². The molecule has 4 fully saturated rings. The Kier molecular flexibility index (Phi) is 4.02. The molecule has 4 aliphatic carbocycles. The van der Waals surface area contributed by atoms with Gasteiger partial charge in [-0.1, -0.05) is 12.1 Å². The van der Waals surface area contributed by atoms with Crippen molar-refractivity contribution in [2.24, 2.45) is 17.3 Å². The molecular formula is C19H21ClFNO3. The summed E-state index contributed by atoms with van der Waals surface area (Å²) in [7, 11) is 0. The highest BCUT2D eigenvalue weighted by Gasteiger charge is 2.60. The molecule has 6 heteroatoms. The van der Waals surface area contributed by atoms with Crippen LogP contribution in [-0.4, -0.2) is 23.4 Å². The van der Waals surface area contributed by atoms with E-state index >= 15 is 0 Å². The minimum absolute atomic E-state index is 0.0815. The van der Waals surface area contributed by atoms with Gasteiger partial charge in [0.1, 0.15) is 5.82 Å². The van der Waals surface area contributed by atoms with E-state index in [4.69, 9.17) is 16.3 Å². The van der Waals surface area contributed by atoms with Crippen LogP contribution in [0.25, 0.3) is 0 Å². The summed E-state index contributed by atoms with van der Waals surface area (Å²) in [4.78, 5) is 24.4. The van der Waals surface area contributed by atoms with E-state index in [1.165, 1.54) is 12.1 Å². The molecule has 4 bridgehead atoms. The highest BCUT2D eigenvalue weighted by molar-refractivity contribution is 6.24. The third-order valence-corrected chi connectivity index (χ3v) is 6.35. The van der Waals surface area contributed by atoms with E-state index in [0.29, 0.717) is 18.3 Å². The Bertz CT molecular complexity index is 708. The van der Waals surface area contributed by atoms with E-state index in [1.807, 2.05) is 0 Å². The van der Waals surface area contributed by atoms with Gasteiger partial charge in [-0.25, -0.2) is 4.39 Å². The Morgan fingerprint density at radius 3 is 2.52 bits per heavy atom. The van der Waals surface area contributed by atoms with Crippen molar-refractivity contribution in [2.75, 3.05) is 11.9 Å². The van der Waals surface area contributed by atoms with E-state index in [2.05, 4.69) is 5.32 Å². The molecule has 0 spiro atoms. The maximum Gasteiger partial charge on any atom is 0.312 e. The lowest BCUT2D eigenvalue weighted by molar-refractivity contribution is -0.171. The number of halogens is 2. The lowest BCUT2D eigenvalue weighted by atomic mass is 9.49. The molecular weight excluding hydrogens is 345 g/mol. The van der Waals surface area contributed by atoms with Crippen molar-refractivity contribution in [3.05, 3.63) is 30.1 Å². The summed E-state index contributed by atoms with van der Waals surface area (Å²) in [5.41, 5.74) is -0.456. The van der Waals surface area contributed by atoms with Gasteiger partial charge >= 0.3 is 5.97 Å². The number of amides is 1. The summed E-state index contributed by atoms with van der Waals surface area (Å²) in [6, 6.07) is 5.89. The van der Waals surface area contributed by atoms with Crippen LogP contribution < -0.4 is 5.32 Å². The zero-order valence-corrected chi connectivity index (χ0v) is 14.7.